The molecule has 21 heavy (non-hydrogen) atoms. The third-order valence-electron chi connectivity index (χ3n) is 4.24. The third kappa shape index (κ3) is 3.74. The van der Waals surface area contributed by atoms with Crippen molar-refractivity contribution in [3.63, 3.8) is 0 Å². The second-order valence-electron chi connectivity index (χ2n) is 5.71. The van der Waals surface area contributed by atoms with Crippen LogP contribution in [0.3, 0.4) is 0 Å². The summed E-state index contributed by atoms with van der Waals surface area (Å²) in [6.07, 6.45) is 2.19. The Morgan fingerprint density at radius 2 is 1.95 bits per heavy atom. The molecular weight excluding hydrogens is 294 g/mol. The minimum atomic E-state index is -3.48. The predicted octanol–water partition coefficient (Wildman–Crippen LogP) is -0.213. The second-order valence-corrected chi connectivity index (χ2v) is 7.63. The molecule has 2 unspecified atom stereocenters. The van der Waals surface area contributed by atoms with Gasteiger partial charge in [-0.15, -0.1) is 0 Å². The number of carbonyl (C=O) groups is 1. The molecule has 0 spiro atoms. The summed E-state index contributed by atoms with van der Waals surface area (Å²) in [4.78, 5) is 11.8. The van der Waals surface area contributed by atoms with Crippen LogP contribution in [0.5, 0.6) is 0 Å². The zero-order chi connectivity index (χ0) is 15.5. The molecule has 8 heteroatoms. The molecule has 0 bridgehead atoms. The topological polar surface area (TPSA) is 92.9 Å². The molecule has 0 aromatic carbocycles. The first-order chi connectivity index (χ1) is 9.98. The number of nitrogens with zero attached hydrogens (tertiary/aromatic N) is 2. The summed E-state index contributed by atoms with van der Waals surface area (Å²) in [5, 5.41) is 0. The van der Waals surface area contributed by atoms with Gasteiger partial charge < -0.3 is 10.5 Å². The van der Waals surface area contributed by atoms with Gasteiger partial charge >= 0.3 is 5.97 Å². The SMILES string of the molecule is CCOC(=O)C1CCCN(S(=O)(=O)N2CCC(CN)C2)C1. The summed E-state index contributed by atoms with van der Waals surface area (Å²) in [7, 11) is -3.48. The van der Waals surface area contributed by atoms with E-state index in [0.29, 0.717) is 45.6 Å². The number of rotatable bonds is 5. The van der Waals surface area contributed by atoms with Crippen LogP contribution in [0.2, 0.25) is 0 Å². The van der Waals surface area contributed by atoms with Crippen molar-refractivity contribution < 1.29 is 17.9 Å². The third-order valence-corrected chi connectivity index (χ3v) is 6.21. The summed E-state index contributed by atoms with van der Waals surface area (Å²) in [6, 6.07) is 0. The molecule has 7 nitrogen and oxygen atoms in total. The number of carbonyl (C=O) groups excluding carboxylic acids is 1. The smallest absolute Gasteiger partial charge is 0.310 e. The van der Waals surface area contributed by atoms with Gasteiger partial charge in [-0.25, -0.2) is 0 Å². The van der Waals surface area contributed by atoms with Crippen molar-refractivity contribution in [2.75, 3.05) is 39.3 Å². The molecule has 2 heterocycles. The fraction of sp³-hybridized carbons (Fsp3) is 0.923. The van der Waals surface area contributed by atoms with Crippen LogP contribution in [0, 0.1) is 11.8 Å². The Labute approximate surface area is 126 Å². The number of hydrogen-bond acceptors (Lipinski definition) is 5. The first kappa shape index (κ1) is 16.7. The Morgan fingerprint density at radius 1 is 1.24 bits per heavy atom. The highest BCUT2D eigenvalue weighted by Crippen LogP contribution is 2.25. The number of piperidine rings is 1. The molecule has 0 saturated carbocycles. The molecule has 2 fully saturated rings. The Kier molecular flexibility index (Phi) is 5.59. The van der Waals surface area contributed by atoms with Crippen molar-refractivity contribution in [2.45, 2.75) is 26.2 Å². The average Bonchev–Trinajstić information content (AvgIpc) is 2.97. The molecule has 2 aliphatic rings. The highest BCUT2D eigenvalue weighted by molar-refractivity contribution is 7.86. The normalized spacial score (nSPS) is 28.7. The lowest BCUT2D eigenvalue weighted by atomic mass is 10.0. The van der Waals surface area contributed by atoms with Crippen LogP contribution in [0.4, 0.5) is 0 Å². The lowest BCUT2D eigenvalue weighted by molar-refractivity contribution is -0.149. The number of esters is 1. The number of ether oxygens (including phenoxy) is 1. The molecule has 0 aromatic heterocycles. The van der Waals surface area contributed by atoms with Gasteiger partial charge in [0.1, 0.15) is 0 Å². The summed E-state index contributed by atoms with van der Waals surface area (Å²) >= 11 is 0. The molecule has 0 aromatic rings. The van der Waals surface area contributed by atoms with Crippen LogP contribution in [0.15, 0.2) is 0 Å². The van der Waals surface area contributed by atoms with Crippen LogP contribution < -0.4 is 5.73 Å². The molecular formula is C13H25N3O4S. The van der Waals surface area contributed by atoms with E-state index in [1.807, 2.05) is 0 Å². The molecule has 0 amide bonds. The van der Waals surface area contributed by atoms with Crippen LogP contribution in [0.1, 0.15) is 26.2 Å². The molecule has 0 radical (unpaired) electrons. The Morgan fingerprint density at radius 3 is 2.57 bits per heavy atom. The Balaban J connectivity index is 2.01. The van der Waals surface area contributed by atoms with Gasteiger partial charge in [-0.3, -0.25) is 4.79 Å². The van der Waals surface area contributed by atoms with Crippen LogP contribution in [-0.2, 0) is 19.7 Å². The van der Waals surface area contributed by atoms with Crippen LogP contribution in [0.25, 0.3) is 0 Å². The quantitative estimate of drug-likeness (QED) is 0.708. The van der Waals surface area contributed by atoms with Gasteiger partial charge in [-0.2, -0.15) is 17.0 Å². The summed E-state index contributed by atoms with van der Waals surface area (Å²) < 4.78 is 33.2. The monoisotopic (exact) mass is 319 g/mol. The van der Waals surface area contributed by atoms with Crippen molar-refractivity contribution in [1.82, 2.24) is 8.61 Å². The maximum Gasteiger partial charge on any atom is 0.310 e. The molecule has 2 rings (SSSR count). The molecule has 2 atom stereocenters. The van der Waals surface area contributed by atoms with Gasteiger partial charge in [0, 0.05) is 26.2 Å². The molecule has 2 N–H and O–H groups in total. The van der Waals surface area contributed by atoms with Crippen molar-refractivity contribution >= 4 is 16.2 Å². The highest BCUT2D eigenvalue weighted by Gasteiger charge is 2.39. The molecule has 2 saturated heterocycles. The zero-order valence-electron chi connectivity index (χ0n) is 12.5. The summed E-state index contributed by atoms with van der Waals surface area (Å²) in [6.45, 7) is 4.30. The standard InChI is InChI=1S/C13H25N3O4S/c1-2-20-13(17)12-4-3-6-15(10-12)21(18,19)16-7-5-11(8-14)9-16/h11-12H,2-10,14H2,1H3. The lowest BCUT2D eigenvalue weighted by Crippen LogP contribution is -2.48. The van der Waals surface area contributed by atoms with E-state index in [1.54, 1.807) is 6.92 Å². The Bertz CT molecular complexity index is 468. The van der Waals surface area contributed by atoms with E-state index in [9.17, 15) is 13.2 Å². The molecule has 122 valence electrons. The maximum atomic E-state index is 12.6. The van der Waals surface area contributed by atoms with E-state index >= 15 is 0 Å². The highest BCUT2D eigenvalue weighted by atomic mass is 32.2. The minimum Gasteiger partial charge on any atom is -0.466 e. The first-order valence-electron chi connectivity index (χ1n) is 7.61. The fourth-order valence-corrected chi connectivity index (χ4v) is 4.76. The van der Waals surface area contributed by atoms with Gasteiger partial charge in [0.25, 0.3) is 10.2 Å². The minimum absolute atomic E-state index is 0.227. The van der Waals surface area contributed by atoms with Crippen molar-refractivity contribution in [1.29, 1.82) is 0 Å². The summed E-state index contributed by atoms with van der Waals surface area (Å²) in [5.74, 6) is -0.398. The number of nitrogens with two attached hydrogens (primary N) is 1. The van der Waals surface area contributed by atoms with E-state index in [-0.39, 0.29) is 24.3 Å². The largest absolute Gasteiger partial charge is 0.466 e. The van der Waals surface area contributed by atoms with Crippen molar-refractivity contribution in [2.24, 2.45) is 17.6 Å². The number of hydrogen-bond donors (Lipinski definition) is 1. The fourth-order valence-electron chi connectivity index (χ4n) is 2.97. The van der Waals surface area contributed by atoms with Gasteiger partial charge in [0.05, 0.1) is 12.5 Å². The predicted molar refractivity (Wildman–Crippen MR) is 78.6 cm³/mol. The lowest BCUT2D eigenvalue weighted by Gasteiger charge is -2.33. The van der Waals surface area contributed by atoms with E-state index in [0.717, 1.165) is 6.42 Å². The van der Waals surface area contributed by atoms with Crippen LogP contribution >= 0.6 is 0 Å². The van der Waals surface area contributed by atoms with Gasteiger partial charge in [-0.05, 0) is 38.6 Å². The van der Waals surface area contributed by atoms with Crippen molar-refractivity contribution in [3.05, 3.63) is 0 Å². The van der Waals surface area contributed by atoms with Crippen molar-refractivity contribution in [3.8, 4) is 0 Å². The van der Waals surface area contributed by atoms with Gasteiger partial charge in [0.15, 0.2) is 0 Å². The van der Waals surface area contributed by atoms with E-state index in [4.69, 9.17) is 10.5 Å². The second kappa shape index (κ2) is 7.04. The van der Waals surface area contributed by atoms with Gasteiger partial charge in [-0.1, -0.05) is 0 Å². The average molecular weight is 319 g/mol. The van der Waals surface area contributed by atoms with E-state index in [1.165, 1.54) is 8.61 Å². The maximum absolute atomic E-state index is 12.6. The first-order valence-corrected chi connectivity index (χ1v) is 9.00. The van der Waals surface area contributed by atoms with E-state index in [2.05, 4.69) is 0 Å². The Hall–Kier alpha value is -0.700. The van der Waals surface area contributed by atoms with Gasteiger partial charge in [0.2, 0.25) is 0 Å². The molecule has 0 aliphatic carbocycles. The van der Waals surface area contributed by atoms with E-state index < -0.39 is 10.2 Å². The van der Waals surface area contributed by atoms with Crippen LogP contribution in [-0.4, -0.2) is 62.3 Å². The zero-order valence-corrected chi connectivity index (χ0v) is 13.3. The molecule has 2 aliphatic heterocycles. The summed E-state index contributed by atoms with van der Waals surface area (Å²) in [5.41, 5.74) is 5.62.